The second-order valence-corrected chi connectivity index (χ2v) is 7.90. The zero-order chi connectivity index (χ0) is 24.8. The average Bonchev–Trinajstić information content (AvgIpc) is 2.87. The van der Waals surface area contributed by atoms with Crippen molar-refractivity contribution >= 4 is 33.8 Å². The maximum atomic E-state index is 7.68. The molecule has 0 amide bonds. The number of ether oxygens (including phenoxy) is 1. The lowest BCUT2D eigenvalue weighted by molar-refractivity contribution is 0.345. The highest BCUT2D eigenvalue weighted by atomic mass is 16.5. The lowest BCUT2D eigenvalue weighted by atomic mass is 10.1. The molecule has 0 radical (unpaired) electrons. The second-order valence-electron chi connectivity index (χ2n) is 7.90. The molecule has 4 rings (SSSR count). The highest BCUT2D eigenvalue weighted by Gasteiger charge is 2.13. The molecule has 0 aliphatic carbocycles. The summed E-state index contributed by atoms with van der Waals surface area (Å²) >= 11 is 0. The first-order chi connectivity index (χ1) is 16.9. The number of aromatic nitrogens is 3. The monoisotopic (exact) mass is 465 g/mol. The van der Waals surface area contributed by atoms with Crippen LogP contribution in [0.15, 0.2) is 85.3 Å². The first kappa shape index (κ1) is 23.4. The first-order valence-corrected chi connectivity index (χ1v) is 11.0. The molecule has 2 heterocycles. The van der Waals surface area contributed by atoms with Crippen molar-refractivity contribution in [1.29, 1.82) is 5.41 Å². The van der Waals surface area contributed by atoms with E-state index in [4.69, 9.17) is 25.8 Å². The topological polar surface area (TPSA) is 122 Å². The van der Waals surface area contributed by atoms with E-state index in [1.54, 1.807) is 32.4 Å². The Morgan fingerprint density at radius 1 is 1.14 bits per heavy atom. The summed E-state index contributed by atoms with van der Waals surface area (Å²) in [5.41, 5.74) is 10.8. The highest BCUT2D eigenvalue weighted by Crippen LogP contribution is 2.31. The number of rotatable bonds is 9. The smallest absolute Gasteiger partial charge is 0.163 e. The normalized spacial score (nSPS) is 11.2. The number of likely N-dealkylation sites (N-methyl/N-ethyl adjacent to an activating group) is 1. The van der Waals surface area contributed by atoms with E-state index in [9.17, 15) is 0 Å². The zero-order valence-electron chi connectivity index (χ0n) is 19.7. The van der Waals surface area contributed by atoms with Crippen LogP contribution >= 0.6 is 0 Å². The molecule has 0 spiro atoms. The molecular weight excluding hydrogens is 438 g/mol. The van der Waals surface area contributed by atoms with Crippen molar-refractivity contribution in [3.8, 4) is 17.1 Å². The number of allylic oxidation sites excluding steroid dienone is 1. The van der Waals surface area contributed by atoms with Gasteiger partial charge in [0.1, 0.15) is 18.2 Å². The van der Waals surface area contributed by atoms with E-state index in [-0.39, 0.29) is 0 Å². The van der Waals surface area contributed by atoms with Gasteiger partial charge in [0.2, 0.25) is 0 Å². The van der Waals surface area contributed by atoms with Crippen LogP contribution in [0.2, 0.25) is 0 Å². The number of pyridine rings is 1. The third-order valence-corrected chi connectivity index (χ3v) is 5.22. The van der Waals surface area contributed by atoms with Crippen molar-refractivity contribution < 1.29 is 4.74 Å². The molecule has 176 valence electrons. The molecule has 0 fully saturated rings. The summed E-state index contributed by atoms with van der Waals surface area (Å²) < 4.78 is 6.00. The van der Waals surface area contributed by atoms with E-state index < -0.39 is 0 Å². The van der Waals surface area contributed by atoms with Gasteiger partial charge in [-0.15, -0.1) is 0 Å². The van der Waals surface area contributed by atoms with Crippen LogP contribution in [0.4, 0.5) is 11.5 Å². The third kappa shape index (κ3) is 5.62. The van der Waals surface area contributed by atoms with Gasteiger partial charge in [-0.05, 0) is 49.4 Å². The van der Waals surface area contributed by atoms with Gasteiger partial charge in [-0.25, -0.2) is 9.97 Å². The minimum atomic E-state index is 0.297. The van der Waals surface area contributed by atoms with Gasteiger partial charge in [0.05, 0.1) is 11.2 Å². The summed E-state index contributed by atoms with van der Waals surface area (Å²) in [6.07, 6.45) is 5.17. The number of nitrogens with two attached hydrogens (primary N) is 1. The zero-order valence-corrected chi connectivity index (χ0v) is 19.7. The van der Waals surface area contributed by atoms with Crippen molar-refractivity contribution in [3.05, 3.63) is 90.9 Å². The number of nitrogens with one attached hydrogen (secondary N) is 3. The van der Waals surface area contributed by atoms with Crippen LogP contribution in [-0.4, -0.2) is 34.3 Å². The Hall–Kier alpha value is -4.72. The van der Waals surface area contributed by atoms with E-state index in [0.717, 1.165) is 33.4 Å². The van der Waals surface area contributed by atoms with Gasteiger partial charge in [-0.2, -0.15) is 0 Å². The van der Waals surface area contributed by atoms with Gasteiger partial charge in [-0.3, -0.25) is 4.98 Å². The molecule has 0 aliphatic heterocycles. The predicted octanol–water partition coefficient (Wildman–Crippen LogP) is 4.89. The Balaban J connectivity index is 1.78. The maximum Gasteiger partial charge on any atom is 0.163 e. The number of para-hydroxylation sites is 1. The molecule has 0 saturated carbocycles. The fourth-order valence-electron chi connectivity index (χ4n) is 3.52. The summed E-state index contributed by atoms with van der Waals surface area (Å²) in [6.45, 7) is 5.90. The molecule has 0 saturated heterocycles. The molecule has 0 aliphatic rings. The van der Waals surface area contributed by atoms with Crippen LogP contribution < -0.4 is 21.1 Å². The molecule has 4 aromatic rings. The maximum absolute atomic E-state index is 7.68. The van der Waals surface area contributed by atoms with Crippen molar-refractivity contribution in [1.82, 2.24) is 20.3 Å². The lowest BCUT2D eigenvalue weighted by Gasteiger charge is -2.15. The molecule has 8 heteroatoms. The predicted molar refractivity (Wildman–Crippen MR) is 142 cm³/mol. The van der Waals surface area contributed by atoms with Crippen LogP contribution in [0.3, 0.4) is 0 Å². The Bertz CT molecular complexity index is 1410. The second kappa shape index (κ2) is 10.5. The van der Waals surface area contributed by atoms with Crippen LogP contribution in [0, 0.1) is 5.41 Å². The number of fused-ring (bicyclic) bond motifs is 1. The minimum Gasteiger partial charge on any atom is -0.487 e. The molecule has 0 bridgehead atoms. The van der Waals surface area contributed by atoms with Gasteiger partial charge in [0.15, 0.2) is 5.82 Å². The fourth-order valence-corrected chi connectivity index (χ4v) is 3.52. The SMILES string of the molecule is C=C(N)c1ccccc1Nc1nc(-c2cccnc2)nc2ccc(OC/C(=C/C(C)=N)NC)cc12. The average molecular weight is 466 g/mol. The van der Waals surface area contributed by atoms with E-state index in [1.807, 2.05) is 54.6 Å². The fraction of sp³-hybridized carbons (Fsp3) is 0.111. The standard InChI is InChI=1S/C27H27N7O/c1-17(28)13-20(30-3)16-35-21-10-11-25-23(14-21)27(33-24-9-5-4-8-22(24)18(2)29)34-26(32-25)19-7-6-12-31-15-19/h4-15,28,30H,2,16,29H2,1,3H3,(H,32,33,34)/b20-13-,28-17?. The lowest BCUT2D eigenvalue weighted by Crippen LogP contribution is -2.15. The summed E-state index contributed by atoms with van der Waals surface area (Å²) in [5.74, 6) is 1.80. The Labute approximate surface area is 204 Å². The largest absolute Gasteiger partial charge is 0.487 e. The molecule has 5 N–H and O–H groups in total. The van der Waals surface area contributed by atoms with Crippen molar-refractivity contribution in [2.45, 2.75) is 6.92 Å². The van der Waals surface area contributed by atoms with E-state index in [2.05, 4.69) is 22.2 Å². The molecule has 0 atom stereocenters. The summed E-state index contributed by atoms with van der Waals surface area (Å²) in [7, 11) is 1.80. The third-order valence-electron chi connectivity index (χ3n) is 5.22. The van der Waals surface area contributed by atoms with Crippen molar-refractivity contribution in [3.63, 3.8) is 0 Å². The van der Waals surface area contributed by atoms with Crippen LogP contribution in [0.1, 0.15) is 12.5 Å². The Morgan fingerprint density at radius 3 is 2.69 bits per heavy atom. The number of benzene rings is 2. The highest BCUT2D eigenvalue weighted by molar-refractivity contribution is 5.94. The molecule has 0 unspecified atom stereocenters. The van der Waals surface area contributed by atoms with Gasteiger partial charge in [-0.1, -0.05) is 24.8 Å². The van der Waals surface area contributed by atoms with Crippen LogP contribution in [0.5, 0.6) is 5.75 Å². The molecule has 2 aromatic heterocycles. The Kier molecular flexibility index (Phi) is 7.02. The molecule has 2 aromatic carbocycles. The van der Waals surface area contributed by atoms with E-state index >= 15 is 0 Å². The number of nitrogens with zero attached hydrogens (tertiary/aromatic N) is 3. The van der Waals surface area contributed by atoms with Gasteiger partial charge in [0.25, 0.3) is 0 Å². The van der Waals surface area contributed by atoms with Crippen molar-refractivity contribution in [2.24, 2.45) is 5.73 Å². The quantitative estimate of drug-likeness (QED) is 0.260. The van der Waals surface area contributed by atoms with Crippen LogP contribution in [0.25, 0.3) is 28.0 Å². The summed E-state index contributed by atoms with van der Waals surface area (Å²) in [6, 6.07) is 17.1. The molecule has 35 heavy (non-hydrogen) atoms. The van der Waals surface area contributed by atoms with E-state index in [0.29, 0.717) is 35.4 Å². The summed E-state index contributed by atoms with van der Waals surface area (Å²) in [4.78, 5) is 13.8. The summed E-state index contributed by atoms with van der Waals surface area (Å²) in [5, 5.41) is 14.9. The molecular formula is C27H27N7O. The van der Waals surface area contributed by atoms with E-state index in [1.165, 1.54) is 0 Å². The first-order valence-electron chi connectivity index (χ1n) is 11.0. The van der Waals surface area contributed by atoms with Gasteiger partial charge >= 0.3 is 0 Å². The van der Waals surface area contributed by atoms with Gasteiger partial charge in [0, 0.05) is 53.1 Å². The molecule has 8 nitrogen and oxygen atoms in total. The van der Waals surface area contributed by atoms with Gasteiger partial charge < -0.3 is 26.5 Å². The number of anilines is 2. The Morgan fingerprint density at radius 2 is 1.97 bits per heavy atom. The minimum absolute atomic E-state index is 0.297. The van der Waals surface area contributed by atoms with Crippen LogP contribution in [-0.2, 0) is 0 Å². The number of hydrogen-bond acceptors (Lipinski definition) is 8. The number of hydrogen-bond donors (Lipinski definition) is 4. The van der Waals surface area contributed by atoms with Crippen molar-refractivity contribution in [2.75, 3.05) is 19.0 Å².